The van der Waals surface area contributed by atoms with Crippen LogP contribution in [0.25, 0.3) is 0 Å². The van der Waals surface area contributed by atoms with Gasteiger partial charge in [-0.05, 0) is 37.8 Å². The first-order valence-electron chi connectivity index (χ1n) is 7.30. The van der Waals surface area contributed by atoms with Gasteiger partial charge in [-0.1, -0.05) is 18.2 Å². The number of esters is 1. The van der Waals surface area contributed by atoms with Gasteiger partial charge in [-0.15, -0.1) is 0 Å². The molecule has 2 atom stereocenters. The van der Waals surface area contributed by atoms with Crippen molar-refractivity contribution in [2.75, 3.05) is 0 Å². The zero-order valence-electron chi connectivity index (χ0n) is 12.2. The van der Waals surface area contributed by atoms with Crippen LogP contribution in [-0.2, 0) is 14.3 Å². The van der Waals surface area contributed by atoms with Crippen molar-refractivity contribution < 1.29 is 24.2 Å². The highest BCUT2D eigenvalue weighted by atomic mass is 16.6. The number of hydrogen-bond donors (Lipinski definition) is 2. The van der Waals surface area contributed by atoms with E-state index in [1.54, 1.807) is 24.3 Å². The smallest absolute Gasteiger partial charge is 0.339 e. The van der Waals surface area contributed by atoms with Crippen molar-refractivity contribution >= 4 is 17.8 Å². The molecule has 1 saturated carbocycles. The number of hydrogen-bond acceptors (Lipinski definition) is 4. The van der Waals surface area contributed by atoms with Gasteiger partial charge in [-0.2, -0.15) is 0 Å². The van der Waals surface area contributed by atoms with Crippen LogP contribution in [0.1, 0.15) is 48.0 Å². The van der Waals surface area contributed by atoms with Crippen LogP contribution in [0, 0.1) is 0 Å². The van der Waals surface area contributed by atoms with E-state index >= 15 is 0 Å². The standard InChI is InChI=1S/C16H17NO5/c1-9(14(19)20)17-13(18)12-10-5-2-3-6-11(10)15(21)22-16(12)7-4-8-16/h2-3,5-6,9,12H,4,7-8H2,1H3,(H,17,18)(H,19,20)/t9-,12?/m1/s1. The van der Waals surface area contributed by atoms with E-state index in [1.165, 1.54) is 6.92 Å². The fourth-order valence-corrected chi connectivity index (χ4v) is 3.17. The first kappa shape index (κ1) is 14.6. The SMILES string of the molecule is C[C@@H](NC(=O)C1c2ccccc2C(=O)OC12CCC2)C(=O)O. The molecule has 3 rings (SSSR count). The third-order valence-corrected chi connectivity index (χ3v) is 4.51. The maximum Gasteiger partial charge on any atom is 0.339 e. The molecule has 116 valence electrons. The van der Waals surface area contributed by atoms with Crippen LogP contribution in [0.2, 0.25) is 0 Å². The molecule has 22 heavy (non-hydrogen) atoms. The number of fused-ring (bicyclic) bond motifs is 1. The van der Waals surface area contributed by atoms with Crippen molar-refractivity contribution in [3.8, 4) is 0 Å². The fourth-order valence-electron chi connectivity index (χ4n) is 3.17. The number of rotatable bonds is 3. The lowest BCUT2D eigenvalue weighted by Crippen LogP contribution is -2.56. The molecule has 1 spiro atoms. The van der Waals surface area contributed by atoms with Crippen molar-refractivity contribution in [3.63, 3.8) is 0 Å². The number of carbonyl (C=O) groups is 3. The predicted octanol–water partition coefficient (Wildman–Crippen LogP) is 1.45. The normalized spacial score (nSPS) is 23.0. The minimum Gasteiger partial charge on any atom is -0.480 e. The minimum atomic E-state index is -1.10. The van der Waals surface area contributed by atoms with Crippen LogP contribution in [0.15, 0.2) is 24.3 Å². The summed E-state index contributed by atoms with van der Waals surface area (Å²) in [6.45, 7) is 1.41. The van der Waals surface area contributed by atoms with Gasteiger partial charge in [0.05, 0.1) is 5.56 Å². The van der Waals surface area contributed by atoms with E-state index in [9.17, 15) is 14.4 Å². The highest BCUT2D eigenvalue weighted by Crippen LogP contribution is 2.50. The van der Waals surface area contributed by atoms with Crippen molar-refractivity contribution in [1.29, 1.82) is 0 Å². The lowest BCUT2D eigenvalue weighted by molar-refractivity contribution is -0.145. The first-order valence-corrected chi connectivity index (χ1v) is 7.30. The van der Waals surface area contributed by atoms with Crippen LogP contribution < -0.4 is 5.32 Å². The van der Waals surface area contributed by atoms with Crippen LogP contribution >= 0.6 is 0 Å². The average Bonchev–Trinajstić information content (AvgIpc) is 2.45. The van der Waals surface area contributed by atoms with E-state index in [2.05, 4.69) is 5.32 Å². The van der Waals surface area contributed by atoms with Crippen molar-refractivity contribution in [1.82, 2.24) is 5.32 Å². The maximum absolute atomic E-state index is 12.6. The molecule has 0 radical (unpaired) electrons. The van der Waals surface area contributed by atoms with Gasteiger partial charge in [-0.3, -0.25) is 9.59 Å². The molecule has 6 heteroatoms. The number of benzene rings is 1. The molecule has 0 aromatic heterocycles. The summed E-state index contributed by atoms with van der Waals surface area (Å²) in [5.74, 6) is -2.57. The molecule has 1 aliphatic heterocycles. The highest BCUT2D eigenvalue weighted by molar-refractivity contribution is 5.98. The zero-order valence-corrected chi connectivity index (χ0v) is 12.2. The van der Waals surface area contributed by atoms with Gasteiger partial charge >= 0.3 is 11.9 Å². The van der Waals surface area contributed by atoms with E-state index in [4.69, 9.17) is 9.84 Å². The summed E-state index contributed by atoms with van der Waals surface area (Å²) >= 11 is 0. The van der Waals surface area contributed by atoms with Crippen molar-refractivity contribution in [3.05, 3.63) is 35.4 Å². The predicted molar refractivity (Wildman–Crippen MR) is 76.4 cm³/mol. The third-order valence-electron chi connectivity index (χ3n) is 4.51. The Labute approximate surface area is 127 Å². The third kappa shape index (κ3) is 2.15. The monoisotopic (exact) mass is 303 g/mol. The summed E-state index contributed by atoms with van der Waals surface area (Å²) in [6, 6.07) is 5.86. The Balaban J connectivity index is 1.99. The number of carbonyl (C=O) groups excluding carboxylic acids is 2. The summed E-state index contributed by atoms with van der Waals surface area (Å²) in [5, 5.41) is 11.5. The first-order chi connectivity index (χ1) is 10.4. The Bertz CT molecular complexity index is 650. The molecule has 0 bridgehead atoms. The molecule has 1 fully saturated rings. The van der Waals surface area contributed by atoms with E-state index in [0.29, 0.717) is 24.0 Å². The largest absolute Gasteiger partial charge is 0.480 e. The lowest BCUT2D eigenvalue weighted by Gasteiger charge is -2.48. The van der Waals surface area contributed by atoms with E-state index in [0.717, 1.165) is 6.42 Å². The second kappa shape index (κ2) is 5.12. The molecule has 1 aliphatic carbocycles. The lowest BCUT2D eigenvalue weighted by atomic mass is 9.66. The minimum absolute atomic E-state index is 0.378. The van der Waals surface area contributed by atoms with Gasteiger partial charge < -0.3 is 15.2 Å². The number of carboxylic acids is 1. The van der Waals surface area contributed by atoms with Gasteiger partial charge in [0.1, 0.15) is 17.6 Å². The number of carboxylic acid groups (broad SMARTS) is 1. The molecule has 1 unspecified atom stereocenters. The number of ether oxygens (including phenoxy) is 1. The summed E-state index contributed by atoms with van der Waals surface area (Å²) in [6.07, 6.45) is 2.12. The Morgan fingerprint density at radius 3 is 2.64 bits per heavy atom. The van der Waals surface area contributed by atoms with Crippen LogP contribution in [-0.4, -0.2) is 34.6 Å². The van der Waals surface area contributed by atoms with Gasteiger partial charge in [0, 0.05) is 0 Å². The maximum atomic E-state index is 12.6. The summed E-state index contributed by atoms with van der Waals surface area (Å²) in [7, 11) is 0. The number of aliphatic carboxylic acids is 1. The van der Waals surface area contributed by atoms with Gasteiger partial charge in [0.25, 0.3) is 0 Å². The summed E-state index contributed by atoms with van der Waals surface area (Å²) in [5.41, 5.74) is 0.171. The van der Waals surface area contributed by atoms with Crippen LogP contribution in [0.3, 0.4) is 0 Å². The molecular weight excluding hydrogens is 286 g/mol. The molecule has 6 nitrogen and oxygen atoms in total. The second-order valence-electron chi connectivity index (χ2n) is 5.90. The Morgan fingerprint density at radius 2 is 2.05 bits per heavy atom. The summed E-state index contributed by atoms with van der Waals surface area (Å²) in [4.78, 5) is 35.7. The zero-order chi connectivity index (χ0) is 15.9. The molecular formula is C16H17NO5. The van der Waals surface area contributed by atoms with Crippen molar-refractivity contribution in [2.24, 2.45) is 0 Å². The number of amides is 1. The molecule has 0 saturated heterocycles. The topological polar surface area (TPSA) is 92.7 Å². The molecule has 1 aromatic rings. The quantitative estimate of drug-likeness (QED) is 0.825. The molecule has 1 heterocycles. The molecule has 1 amide bonds. The van der Waals surface area contributed by atoms with Crippen LogP contribution in [0.5, 0.6) is 0 Å². The van der Waals surface area contributed by atoms with Crippen LogP contribution in [0.4, 0.5) is 0 Å². The average molecular weight is 303 g/mol. The van der Waals surface area contributed by atoms with Gasteiger partial charge in [0.15, 0.2) is 0 Å². The molecule has 1 aromatic carbocycles. The Kier molecular flexibility index (Phi) is 3.39. The van der Waals surface area contributed by atoms with Gasteiger partial charge in [0.2, 0.25) is 5.91 Å². The van der Waals surface area contributed by atoms with E-state index in [1.807, 2.05) is 0 Å². The van der Waals surface area contributed by atoms with Crippen molar-refractivity contribution in [2.45, 2.75) is 43.7 Å². The van der Waals surface area contributed by atoms with E-state index in [-0.39, 0.29) is 0 Å². The highest BCUT2D eigenvalue weighted by Gasteiger charge is 2.55. The second-order valence-corrected chi connectivity index (χ2v) is 5.90. The van der Waals surface area contributed by atoms with E-state index < -0.39 is 35.4 Å². The Morgan fingerprint density at radius 1 is 1.36 bits per heavy atom. The van der Waals surface area contributed by atoms with Gasteiger partial charge in [-0.25, -0.2) is 4.79 Å². The fraction of sp³-hybridized carbons (Fsp3) is 0.438. The summed E-state index contributed by atoms with van der Waals surface area (Å²) < 4.78 is 5.56. The number of nitrogens with one attached hydrogen (secondary N) is 1. The molecule has 2 N–H and O–H groups in total. The Hall–Kier alpha value is -2.37. The molecule has 2 aliphatic rings.